The van der Waals surface area contributed by atoms with Crippen molar-refractivity contribution in [3.05, 3.63) is 40.0 Å². The highest BCUT2D eigenvalue weighted by Gasteiger charge is 2.18. The van der Waals surface area contributed by atoms with Gasteiger partial charge in [-0.1, -0.05) is 23.7 Å². The van der Waals surface area contributed by atoms with Crippen molar-refractivity contribution in [1.82, 2.24) is 0 Å². The van der Waals surface area contributed by atoms with Crippen LogP contribution in [0.5, 0.6) is 0 Å². The number of carbonyl (C=O) groups excluding carboxylic acids is 1. The number of ether oxygens (including phenoxy) is 1. The highest BCUT2D eigenvalue weighted by atomic mass is 35.5. The normalized spacial score (nSPS) is 10.5. The fourth-order valence-corrected chi connectivity index (χ4v) is 2.76. The van der Waals surface area contributed by atoms with E-state index >= 15 is 0 Å². The largest absolute Gasteiger partial charge is 0.462 e. The van der Waals surface area contributed by atoms with Crippen molar-refractivity contribution in [2.45, 2.75) is 6.92 Å². The third kappa shape index (κ3) is 2.72. The number of thiophene rings is 1. The first-order chi connectivity index (χ1) is 9.04. The molecule has 2 N–H and O–H groups in total. The molecule has 0 bridgehead atoms. The molecule has 1 heterocycles. The van der Waals surface area contributed by atoms with Crippen molar-refractivity contribution in [3.63, 3.8) is 0 Å². The topological polar surface area (TPSA) is 52.3 Å². The minimum atomic E-state index is -0.527. The molecule has 0 saturated carbocycles. The number of hydrogen-bond donors (Lipinski definition) is 1. The van der Waals surface area contributed by atoms with E-state index < -0.39 is 11.8 Å². The third-order valence-corrected chi connectivity index (χ3v) is 3.89. The van der Waals surface area contributed by atoms with Crippen LogP contribution in [0.2, 0.25) is 5.02 Å². The number of esters is 1. The number of rotatable bonds is 3. The van der Waals surface area contributed by atoms with Gasteiger partial charge in [-0.3, -0.25) is 0 Å². The maximum atomic E-state index is 13.9. The lowest BCUT2D eigenvalue weighted by Gasteiger charge is -2.01. The standard InChI is InChI=1S/C13H11ClFNO2S/c1-2-18-13(17)12-9(16)6-10(19-12)7-4-3-5-8(14)11(7)15/h3-6H,2,16H2,1H3. The Hall–Kier alpha value is -1.59. The molecule has 2 rings (SSSR count). The second kappa shape index (κ2) is 5.59. The highest BCUT2D eigenvalue weighted by molar-refractivity contribution is 7.18. The molecular formula is C13H11ClFNO2S. The van der Waals surface area contributed by atoms with Gasteiger partial charge in [0.25, 0.3) is 0 Å². The van der Waals surface area contributed by atoms with Gasteiger partial charge in [0, 0.05) is 10.4 Å². The van der Waals surface area contributed by atoms with Crippen molar-refractivity contribution >= 4 is 34.6 Å². The van der Waals surface area contributed by atoms with Gasteiger partial charge >= 0.3 is 5.97 Å². The molecule has 0 fully saturated rings. The SMILES string of the molecule is CCOC(=O)c1sc(-c2cccc(Cl)c2F)cc1N. The molecule has 100 valence electrons. The summed E-state index contributed by atoms with van der Waals surface area (Å²) >= 11 is 6.81. The average molecular weight is 300 g/mol. The van der Waals surface area contributed by atoms with E-state index in [1.165, 1.54) is 6.07 Å². The number of nitrogens with two attached hydrogens (primary N) is 1. The molecule has 0 aliphatic carbocycles. The molecule has 0 spiro atoms. The average Bonchev–Trinajstić information content (AvgIpc) is 2.75. The smallest absolute Gasteiger partial charge is 0.350 e. The zero-order chi connectivity index (χ0) is 14.0. The zero-order valence-electron chi connectivity index (χ0n) is 10.1. The third-order valence-electron chi connectivity index (χ3n) is 2.44. The predicted octanol–water partition coefficient (Wildman–Crippen LogP) is 3.97. The summed E-state index contributed by atoms with van der Waals surface area (Å²) in [6.07, 6.45) is 0. The van der Waals surface area contributed by atoms with Crippen LogP contribution in [0.25, 0.3) is 10.4 Å². The Labute approximate surface area is 118 Å². The molecule has 0 amide bonds. The maximum Gasteiger partial charge on any atom is 0.350 e. The second-order valence-electron chi connectivity index (χ2n) is 3.72. The first-order valence-corrected chi connectivity index (χ1v) is 6.74. The summed E-state index contributed by atoms with van der Waals surface area (Å²) in [5.74, 6) is -1.03. The monoisotopic (exact) mass is 299 g/mol. The second-order valence-corrected chi connectivity index (χ2v) is 5.18. The van der Waals surface area contributed by atoms with Gasteiger partial charge in [-0.15, -0.1) is 11.3 Å². The van der Waals surface area contributed by atoms with Gasteiger partial charge in [0.05, 0.1) is 17.3 Å². The van der Waals surface area contributed by atoms with Gasteiger partial charge in [0.1, 0.15) is 10.7 Å². The molecule has 0 atom stereocenters. The molecule has 0 aliphatic heterocycles. The van der Waals surface area contributed by atoms with Crippen LogP contribution >= 0.6 is 22.9 Å². The fourth-order valence-electron chi connectivity index (χ4n) is 1.59. The summed E-state index contributed by atoms with van der Waals surface area (Å²) in [5, 5.41) is 0.0298. The van der Waals surface area contributed by atoms with E-state index in [9.17, 15) is 9.18 Å². The summed E-state index contributed by atoms with van der Waals surface area (Å²) in [5.41, 5.74) is 6.35. The van der Waals surface area contributed by atoms with E-state index in [-0.39, 0.29) is 22.2 Å². The van der Waals surface area contributed by atoms with Gasteiger partial charge in [0.2, 0.25) is 0 Å². The number of nitrogen functional groups attached to an aromatic ring is 1. The number of carbonyl (C=O) groups is 1. The van der Waals surface area contributed by atoms with Crippen molar-refractivity contribution in [1.29, 1.82) is 0 Å². The van der Waals surface area contributed by atoms with Crippen LogP contribution in [0.4, 0.5) is 10.1 Å². The predicted molar refractivity (Wildman–Crippen MR) is 75.1 cm³/mol. The Bertz CT molecular complexity index is 627. The van der Waals surface area contributed by atoms with Crippen molar-refractivity contribution < 1.29 is 13.9 Å². The Balaban J connectivity index is 2.45. The van der Waals surface area contributed by atoms with Gasteiger partial charge in [-0.05, 0) is 19.1 Å². The van der Waals surface area contributed by atoms with Crippen molar-refractivity contribution in [2.24, 2.45) is 0 Å². The van der Waals surface area contributed by atoms with Crippen LogP contribution in [-0.2, 0) is 4.74 Å². The summed E-state index contributed by atoms with van der Waals surface area (Å²) in [6.45, 7) is 1.97. The highest BCUT2D eigenvalue weighted by Crippen LogP contribution is 2.36. The Kier molecular flexibility index (Phi) is 4.07. The summed E-state index contributed by atoms with van der Waals surface area (Å²) in [4.78, 5) is 12.5. The van der Waals surface area contributed by atoms with Crippen LogP contribution in [0.3, 0.4) is 0 Å². The molecular weight excluding hydrogens is 289 g/mol. The van der Waals surface area contributed by atoms with Crippen LogP contribution in [-0.4, -0.2) is 12.6 Å². The van der Waals surface area contributed by atoms with Crippen molar-refractivity contribution in [2.75, 3.05) is 12.3 Å². The number of benzene rings is 1. The summed E-state index contributed by atoms with van der Waals surface area (Å²) in [6, 6.07) is 6.23. The number of halogens is 2. The minimum absolute atomic E-state index is 0.0298. The molecule has 0 saturated heterocycles. The van der Waals surface area contributed by atoms with Gasteiger partial charge in [-0.25, -0.2) is 9.18 Å². The van der Waals surface area contributed by atoms with Crippen LogP contribution in [0, 0.1) is 5.82 Å². The van der Waals surface area contributed by atoms with E-state index in [1.807, 2.05) is 0 Å². The molecule has 2 aromatic rings. The van der Waals surface area contributed by atoms with Crippen LogP contribution in [0.15, 0.2) is 24.3 Å². The van der Waals surface area contributed by atoms with E-state index in [0.717, 1.165) is 11.3 Å². The first kappa shape index (κ1) is 13.8. The lowest BCUT2D eigenvalue weighted by Crippen LogP contribution is -2.04. The van der Waals surface area contributed by atoms with Gasteiger partial charge in [0.15, 0.2) is 0 Å². The molecule has 19 heavy (non-hydrogen) atoms. The lowest BCUT2D eigenvalue weighted by atomic mass is 10.1. The van der Waals surface area contributed by atoms with Gasteiger partial charge < -0.3 is 10.5 Å². The Morgan fingerprint density at radius 2 is 2.26 bits per heavy atom. The quantitative estimate of drug-likeness (QED) is 0.873. The molecule has 1 aromatic heterocycles. The summed E-state index contributed by atoms with van der Waals surface area (Å²) < 4.78 is 18.8. The first-order valence-electron chi connectivity index (χ1n) is 5.55. The Morgan fingerprint density at radius 1 is 1.53 bits per heavy atom. The van der Waals surface area contributed by atoms with E-state index in [0.29, 0.717) is 10.4 Å². The van der Waals surface area contributed by atoms with E-state index in [2.05, 4.69) is 0 Å². The zero-order valence-corrected chi connectivity index (χ0v) is 11.6. The molecule has 6 heteroatoms. The summed E-state index contributed by atoms with van der Waals surface area (Å²) in [7, 11) is 0. The van der Waals surface area contributed by atoms with E-state index in [4.69, 9.17) is 22.1 Å². The molecule has 0 aliphatic rings. The molecule has 0 unspecified atom stereocenters. The lowest BCUT2D eigenvalue weighted by molar-refractivity contribution is 0.0533. The van der Waals surface area contributed by atoms with E-state index in [1.54, 1.807) is 25.1 Å². The minimum Gasteiger partial charge on any atom is -0.462 e. The molecule has 3 nitrogen and oxygen atoms in total. The van der Waals surface area contributed by atoms with Crippen LogP contribution in [0.1, 0.15) is 16.6 Å². The molecule has 0 radical (unpaired) electrons. The van der Waals surface area contributed by atoms with Gasteiger partial charge in [-0.2, -0.15) is 0 Å². The maximum absolute atomic E-state index is 13.9. The Morgan fingerprint density at radius 3 is 2.95 bits per heavy atom. The van der Waals surface area contributed by atoms with Crippen molar-refractivity contribution in [3.8, 4) is 10.4 Å². The molecule has 1 aromatic carbocycles. The number of anilines is 1. The number of hydrogen-bond acceptors (Lipinski definition) is 4. The fraction of sp³-hybridized carbons (Fsp3) is 0.154. The van der Waals surface area contributed by atoms with Crippen LogP contribution < -0.4 is 5.73 Å².